The van der Waals surface area contributed by atoms with Crippen molar-refractivity contribution in [2.24, 2.45) is 0 Å². The Kier molecular flexibility index (Phi) is 5.06. The van der Waals surface area contributed by atoms with Gasteiger partial charge in [0.2, 0.25) is 0 Å². The first-order valence-electron chi connectivity index (χ1n) is 9.17. The molecule has 4 aromatic rings. The van der Waals surface area contributed by atoms with Crippen molar-refractivity contribution in [3.05, 3.63) is 108 Å². The first kappa shape index (κ1) is 17.2. The highest BCUT2D eigenvalue weighted by Crippen LogP contribution is 2.35. The third-order valence-electron chi connectivity index (χ3n) is 4.63. The van der Waals surface area contributed by atoms with Crippen LogP contribution in [0.2, 0.25) is 0 Å². The van der Waals surface area contributed by atoms with E-state index in [0.29, 0.717) is 13.2 Å². The van der Waals surface area contributed by atoms with Crippen molar-refractivity contribution in [2.75, 3.05) is 0 Å². The summed E-state index contributed by atoms with van der Waals surface area (Å²) < 4.78 is 12.3. The first-order chi connectivity index (χ1) is 13.3. The van der Waals surface area contributed by atoms with E-state index in [1.807, 2.05) is 48.5 Å². The third kappa shape index (κ3) is 3.95. The molecule has 0 fully saturated rings. The van der Waals surface area contributed by atoms with Gasteiger partial charge in [0.15, 0.2) is 0 Å². The Morgan fingerprint density at radius 3 is 1.85 bits per heavy atom. The lowest BCUT2D eigenvalue weighted by molar-refractivity contribution is 0.305. The standard InChI is InChI=1S/C25H22O2/c1-19-15-16-22-23(25(19)27-18-21-11-6-3-7-12-21)13-8-14-24(22)26-17-20-9-4-2-5-10-20/h2-16H,17-18H2,1H3. The van der Waals surface area contributed by atoms with Crippen molar-refractivity contribution in [2.45, 2.75) is 20.1 Å². The van der Waals surface area contributed by atoms with Crippen molar-refractivity contribution < 1.29 is 9.47 Å². The summed E-state index contributed by atoms with van der Waals surface area (Å²) in [5, 5.41) is 2.15. The topological polar surface area (TPSA) is 18.5 Å². The normalized spacial score (nSPS) is 10.7. The second-order valence-electron chi connectivity index (χ2n) is 6.61. The molecule has 0 unspecified atom stereocenters. The van der Waals surface area contributed by atoms with E-state index in [9.17, 15) is 0 Å². The Balaban J connectivity index is 1.61. The van der Waals surface area contributed by atoms with Crippen molar-refractivity contribution in [3.63, 3.8) is 0 Å². The Hall–Kier alpha value is -3.26. The number of ether oxygens (including phenoxy) is 2. The molecule has 2 heteroatoms. The molecule has 4 rings (SSSR count). The first-order valence-corrected chi connectivity index (χ1v) is 9.17. The van der Waals surface area contributed by atoms with Gasteiger partial charge in [0.1, 0.15) is 24.7 Å². The minimum atomic E-state index is 0.550. The summed E-state index contributed by atoms with van der Waals surface area (Å²) in [5.41, 5.74) is 3.44. The Morgan fingerprint density at radius 2 is 1.19 bits per heavy atom. The van der Waals surface area contributed by atoms with Gasteiger partial charge in [-0.15, -0.1) is 0 Å². The summed E-state index contributed by atoms with van der Waals surface area (Å²) in [6.07, 6.45) is 0. The van der Waals surface area contributed by atoms with Crippen LogP contribution in [0.3, 0.4) is 0 Å². The second kappa shape index (κ2) is 7.96. The van der Waals surface area contributed by atoms with Crippen molar-refractivity contribution in [3.8, 4) is 11.5 Å². The smallest absolute Gasteiger partial charge is 0.130 e. The fourth-order valence-corrected chi connectivity index (χ4v) is 3.19. The monoisotopic (exact) mass is 354 g/mol. The predicted molar refractivity (Wildman–Crippen MR) is 110 cm³/mol. The molecule has 0 aliphatic heterocycles. The zero-order valence-electron chi connectivity index (χ0n) is 15.4. The van der Waals surface area contributed by atoms with E-state index in [-0.39, 0.29) is 0 Å². The van der Waals surface area contributed by atoms with Crippen LogP contribution in [0.1, 0.15) is 16.7 Å². The number of fused-ring (bicyclic) bond motifs is 1. The van der Waals surface area contributed by atoms with E-state index in [0.717, 1.165) is 39.0 Å². The van der Waals surface area contributed by atoms with E-state index < -0.39 is 0 Å². The predicted octanol–water partition coefficient (Wildman–Crippen LogP) is 6.31. The SMILES string of the molecule is Cc1ccc2c(OCc3ccccc3)cccc2c1OCc1ccccc1. The van der Waals surface area contributed by atoms with Crippen molar-refractivity contribution in [1.29, 1.82) is 0 Å². The molecule has 0 N–H and O–H groups in total. The summed E-state index contributed by atoms with van der Waals surface area (Å²) in [6.45, 7) is 3.18. The Bertz CT molecular complexity index is 1020. The molecule has 0 saturated heterocycles. The molecule has 134 valence electrons. The fraction of sp³-hybridized carbons (Fsp3) is 0.120. The van der Waals surface area contributed by atoms with Crippen molar-refractivity contribution >= 4 is 10.8 Å². The molecule has 0 saturated carbocycles. The minimum absolute atomic E-state index is 0.550. The summed E-state index contributed by atoms with van der Waals surface area (Å²) in [5.74, 6) is 1.79. The number of rotatable bonds is 6. The van der Waals surface area contributed by atoms with E-state index in [1.165, 1.54) is 0 Å². The van der Waals surface area contributed by atoms with E-state index >= 15 is 0 Å². The van der Waals surface area contributed by atoms with Crippen LogP contribution in [-0.2, 0) is 13.2 Å². The van der Waals surface area contributed by atoms with Gasteiger partial charge in [-0.2, -0.15) is 0 Å². The van der Waals surface area contributed by atoms with Crippen LogP contribution in [0.5, 0.6) is 11.5 Å². The van der Waals surface area contributed by atoms with Gasteiger partial charge < -0.3 is 9.47 Å². The number of hydrogen-bond donors (Lipinski definition) is 0. The molecule has 4 aromatic carbocycles. The molecule has 2 nitrogen and oxygen atoms in total. The van der Waals surface area contributed by atoms with Crippen LogP contribution in [-0.4, -0.2) is 0 Å². The molecule has 0 bridgehead atoms. The number of hydrogen-bond acceptors (Lipinski definition) is 2. The van der Waals surface area contributed by atoms with Gasteiger partial charge in [-0.05, 0) is 29.7 Å². The van der Waals surface area contributed by atoms with Crippen molar-refractivity contribution in [1.82, 2.24) is 0 Å². The van der Waals surface area contributed by atoms with E-state index in [1.54, 1.807) is 0 Å². The van der Waals surface area contributed by atoms with Gasteiger partial charge in [-0.25, -0.2) is 0 Å². The lowest BCUT2D eigenvalue weighted by atomic mass is 10.0. The summed E-state index contributed by atoms with van der Waals surface area (Å²) in [6, 6.07) is 30.8. The maximum atomic E-state index is 6.20. The van der Waals surface area contributed by atoms with E-state index in [4.69, 9.17) is 9.47 Å². The number of benzene rings is 4. The average Bonchev–Trinajstić information content (AvgIpc) is 2.73. The van der Waals surface area contributed by atoms with Crippen LogP contribution >= 0.6 is 0 Å². The summed E-state index contributed by atoms with van der Waals surface area (Å²) in [7, 11) is 0. The molecule has 0 spiro atoms. The Labute approximate surface area is 160 Å². The molecule has 0 amide bonds. The highest BCUT2D eigenvalue weighted by Gasteiger charge is 2.10. The maximum absolute atomic E-state index is 6.20. The summed E-state index contributed by atoms with van der Waals surface area (Å²) in [4.78, 5) is 0. The molecule has 0 radical (unpaired) electrons. The number of aryl methyl sites for hydroxylation is 1. The molecular weight excluding hydrogens is 332 g/mol. The minimum Gasteiger partial charge on any atom is -0.488 e. The summed E-state index contributed by atoms with van der Waals surface area (Å²) >= 11 is 0. The zero-order chi connectivity index (χ0) is 18.5. The van der Waals surface area contributed by atoms with Gasteiger partial charge in [0.05, 0.1) is 0 Å². The van der Waals surface area contributed by atoms with Crippen LogP contribution < -0.4 is 9.47 Å². The maximum Gasteiger partial charge on any atom is 0.130 e. The molecule has 0 aromatic heterocycles. The van der Waals surface area contributed by atoms with E-state index in [2.05, 4.69) is 49.4 Å². The van der Waals surface area contributed by atoms with Gasteiger partial charge in [-0.3, -0.25) is 0 Å². The highest BCUT2D eigenvalue weighted by atomic mass is 16.5. The molecule has 0 atom stereocenters. The zero-order valence-corrected chi connectivity index (χ0v) is 15.4. The van der Waals surface area contributed by atoms with Crippen LogP contribution in [0.15, 0.2) is 91.0 Å². The average molecular weight is 354 g/mol. The van der Waals surface area contributed by atoms with Crippen LogP contribution in [0.25, 0.3) is 10.8 Å². The van der Waals surface area contributed by atoms with Gasteiger partial charge >= 0.3 is 0 Å². The van der Waals surface area contributed by atoms with Crippen LogP contribution in [0.4, 0.5) is 0 Å². The second-order valence-corrected chi connectivity index (χ2v) is 6.61. The largest absolute Gasteiger partial charge is 0.488 e. The fourth-order valence-electron chi connectivity index (χ4n) is 3.19. The quantitative estimate of drug-likeness (QED) is 0.404. The lowest BCUT2D eigenvalue weighted by Crippen LogP contribution is -1.99. The van der Waals surface area contributed by atoms with Gasteiger partial charge in [0.25, 0.3) is 0 Å². The lowest BCUT2D eigenvalue weighted by Gasteiger charge is -2.15. The van der Waals surface area contributed by atoms with Gasteiger partial charge in [-0.1, -0.05) is 84.9 Å². The molecule has 0 heterocycles. The highest BCUT2D eigenvalue weighted by molar-refractivity contribution is 5.94. The molecular formula is C25H22O2. The molecule has 0 aliphatic rings. The molecule has 27 heavy (non-hydrogen) atoms. The third-order valence-corrected chi connectivity index (χ3v) is 4.63. The van der Waals surface area contributed by atoms with Crippen LogP contribution in [0, 0.1) is 6.92 Å². The van der Waals surface area contributed by atoms with Gasteiger partial charge in [0, 0.05) is 10.8 Å². The molecule has 0 aliphatic carbocycles. The Morgan fingerprint density at radius 1 is 0.556 bits per heavy atom.